The van der Waals surface area contributed by atoms with Gasteiger partial charge in [-0.3, -0.25) is 9.52 Å². The minimum atomic E-state index is -4.08. The molecule has 6 nitrogen and oxygen atoms in total. The summed E-state index contributed by atoms with van der Waals surface area (Å²) in [5, 5.41) is 0. The smallest absolute Gasteiger partial charge is 0.279 e. The lowest BCUT2D eigenvalue weighted by Crippen LogP contribution is -2.27. The lowest BCUT2D eigenvalue weighted by atomic mass is 10.1. The number of nitrogens with one attached hydrogen (secondary N) is 1. The zero-order valence-electron chi connectivity index (χ0n) is 14.8. The summed E-state index contributed by atoms with van der Waals surface area (Å²) in [5.41, 5.74) is 1.67. The van der Waals surface area contributed by atoms with E-state index >= 15 is 0 Å². The van der Waals surface area contributed by atoms with E-state index in [0.29, 0.717) is 16.2 Å². The van der Waals surface area contributed by atoms with Crippen molar-refractivity contribution in [3.05, 3.63) is 70.1 Å². The Morgan fingerprint density at radius 2 is 1.93 bits per heavy atom. The van der Waals surface area contributed by atoms with Crippen LogP contribution in [-0.2, 0) is 16.4 Å². The molecule has 0 unspecified atom stereocenters. The quantitative estimate of drug-likeness (QED) is 0.569. The zero-order valence-corrected chi connectivity index (χ0v) is 16.4. The Labute approximate surface area is 160 Å². The molecule has 0 spiro atoms. The van der Waals surface area contributed by atoms with Crippen LogP contribution in [0.25, 0.3) is 15.2 Å². The number of hydrogen-bond acceptors (Lipinski definition) is 5. The number of para-hydroxylation sites is 1. The number of thiazole rings is 1. The van der Waals surface area contributed by atoms with E-state index in [0.717, 1.165) is 16.7 Å². The molecule has 4 rings (SSSR count). The first-order valence-corrected chi connectivity index (χ1v) is 10.7. The summed E-state index contributed by atoms with van der Waals surface area (Å²) < 4.78 is 30.7. The van der Waals surface area contributed by atoms with Crippen LogP contribution in [0.4, 0.5) is 5.69 Å². The second kappa shape index (κ2) is 6.47. The number of fused-ring (bicyclic) bond motifs is 3. The molecule has 0 atom stereocenters. The van der Waals surface area contributed by atoms with E-state index in [1.807, 2.05) is 31.2 Å². The van der Waals surface area contributed by atoms with E-state index in [1.165, 1.54) is 15.7 Å². The highest BCUT2D eigenvalue weighted by atomic mass is 32.2. The Kier molecular flexibility index (Phi) is 4.24. The third kappa shape index (κ3) is 3.00. The molecule has 0 saturated carbocycles. The Morgan fingerprint density at radius 3 is 2.70 bits per heavy atom. The number of benzene rings is 2. The van der Waals surface area contributed by atoms with E-state index in [-0.39, 0.29) is 10.6 Å². The van der Waals surface area contributed by atoms with Crippen molar-refractivity contribution in [2.75, 3.05) is 4.72 Å². The molecule has 8 heteroatoms. The summed E-state index contributed by atoms with van der Waals surface area (Å²) in [4.78, 5) is 17.6. The topological polar surface area (TPSA) is 80.5 Å². The Morgan fingerprint density at radius 1 is 1.15 bits per heavy atom. The first-order valence-electron chi connectivity index (χ1n) is 8.43. The third-order valence-electron chi connectivity index (χ3n) is 4.34. The maximum Gasteiger partial charge on any atom is 0.280 e. The van der Waals surface area contributed by atoms with Gasteiger partial charge in [-0.15, -0.1) is 0 Å². The number of aromatic nitrogens is 2. The first kappa shape index (κ1) is 17.7. The molecule has 0 aliphatic rings. The minimum Gasteiger partial charge on any atom is -0.279 e. The van der Waals surface area contributed by atoms with Crippen molar-refractivity contribution >= 4 is 42.2 Å². The average Bonchev–Trinajstić information content (AvgIpc) is 2.99. The van der Waals surface area contributed by atoms with Gasteiger partial charge in [-0.05, 0) is 43.2 Å². The summed E-state index contributed by atoms with van der Waals surface area (Å²) >= 11 is 1.35. The number of sulfonamides is 1. The van der Waals surface area contributed by atoms with Crippen molar-refractivity contribution in [3.63, 3.8) is 0 Å². The van der Waals surface area contributed by atoms with Crippen LogP contribution in [0.2, 0.25) is 0 Å². The van der Waals surface area contributed by atoms with E-state index in [1.54, 1.807) is 31.2 Å². The van der Waals surface area contributed by atoms with Gasteiger partial charge in [-0.2, -0.15) is 0 Å². The zero-order chi connectivity index (χ0) is 19.2. The molecule has 0 aliphatic heterocycles. The van der Waals surface area contributed by atoms with Gasteiger partial charge < -0.3 is 0 Å². The summed E-state index contributed by atoms with van der Waals surface area (Å²) in [7, 11) is -4.08. The van der Waals surface area contributed by atoms with Gasteiger partial charge in [-0.25, -0.2) is 17.8 Å². The van der Waals surface area contributed by atoms with Crippen LogP contribution >= 0.6 is 11.3 Å². The number of rotatable bonds is 4. The molecule has 2 heterocycles. The molecule has 27 heavy (non-hydrogen) atoms. The molecule has 138 valence electrons. The number of hydrogen-bond donors (Lipinski definition) is 1. The fraction of sp³-hybridized carbons (Fsp3) is 0.158. The Bertz CT molecular complexity index is 1340. The van der Waals surface area contributed by atoms with Crippen LogP contribution < -0.4 is 10.3 Å². The summed E-state index contributed by atoms with van der Waals surface area (Å²) in [5.74, 6) is 0. The van der Waals surface area contributed by atoms with Gasteiger partial charge in [0, 0.05) is 5.69 Å². The van der Waals surface area contributed by atoms with Gasteiger partial charge >= 0.3 is 0 Å². The SMILES string of the molecule is CCc1cccc(NS(=O)(=O)c2c(C)nc3sc4ccccc4n3c2=O)c1. The lowest BCUT2D eigenvalue weighted by molar-refractivity contribution is 0.598. The van der Waals surface area contributed by atoms with Crippen LogP contribution in [-0.4, -0.2) is 17.8 Å². The largest absolute Gasteiger partial charge is 0.280 e. The van der Waals surface area contributed by atoms with Crippen molar-refractivity contribution in [3.8, 4) is 0 Å². The van der Waals surface area contributed by atoms with Gasteiger partial charge in [0.1, 0.15) is 0 Å². The molecule has 0 fully saturated rings. The minimum absolute atomic E-state index is 0.186. The molecule has 0 bridgehead atoms. The van der Waals surface area contributed by atoms with Crippen molar-refractivity contribution in [1.29, 1.82) is 0 Å². The van der Waals surface area contributed by atoms with Gasteiger partial charge in [0.05, 0.1) is 15.9 Å². The van der Waals surface area contributed by atoms with Crippen LogP contribution in [0.15, 0.2) is 58.2 Å². The highest BCUT2D eigenvalue weighted by molar-refractivity contribution is 7.92. The second-order valence-electron chi connectivity index (χ2n) is 6.18. The second-order valence-corrected chi connectivity index (χ2v) is 8.81. The highest BCUT2D eigenvalue weighted by Gasteiger charge is 2.25. The molecule has 2 aromatic heterocycles. The van der Waals surface area contributed by atoms with Gasteiger partial charge in [0.25, 0.3) is 15.6 Å². The predicted octanol–water partition coefficient (Wildman–Crippen LogP) is 3.58. The van der Waals surface area contributed by atoms with E-state index in [2.05, 4.69) is 9.71 Å². The number of nitrogens with zero attached hydrogens (tertiary/aromatic N) is 2. The van der Waals surface area contributed by atoms with Crippen molar-refractivity contribution in [1.82, 2.24) is 9.38 Å². The molecule has 0 radical (unpaired) electrons. The summed E-state index contributed by atoms with van der Waals surface area (Å²) in [6, 6.07) is 14.5. The monoisotopic (exact) mass is 399 g/mol. The fourth-order valence-corrected chi connectivity index (χ4v) is 5.42. The Balaban J connectivity index is 1.91. The molecule has 0 amide bonds. The Hall–Kier alpha value is -2.71. The standard InChI is InChI=1S/C19H17N3O3S2/c1-3-13-7-6-8-14(11-13)21-27(24,25)17-12(2)20-19-22(18(17)23)15-9-4-5-10-16(15)26-19/h4-11,21H,3H2,1-2H3. The predicted molar refractivity (Wildman–Crippen MR) is 108 cm³/mol. The van der Waals surface area contributed by atoms with Gasteiger partial charge in [0.15, 0.2) is 9.86 Å². The van der Waals surface area contributed by atoms with Gasteiger partial charge in [-0.1, -0.05) is 42.5 Å². The van der Waals surface area contributed by atoms with Crippen LogP contribution in [0, 0.1) is 6.92 Å². The van der Waals surface area contributed by atoms with Crippen LogP contribution in [0.5, 0.6) is 0 Å². The third-order valence-corrected chi connectivity index (χ3v) is 6.88. The normalized spacial score (nSPS) is 11.9. The maximum absolute atomic E-state index is 13.1. The molecule has 0 saturated heterocycles. The van der Waals surface area contributed by atoms with Gasteiger partial charge in [0.2, 0.25) is 0 Å². The number of anilines is 1. The average molecular weight is 399 g/mol. The molecular formula is C19H17N3O3S2. The van der Waals surface area contributed by atoms with Crippen molar-refractivity contribution in [2.45, 2.75) is 25.2 Å². The molecule has 4 aromatic rings. The highest BCUT2D eigenvalue weighted by Crippen LogP contribution is 2.25. The summed E-state index contributed by atoms with van der Waals surface area (Å²) in [6.07, 6.45) is 0.783. The van der Waals surface area contributed by atoms with Crippen molar-refractivity contribution < 1.29 is 8.42 Å². The fourth-order valence-electron chi connectivity index (χ4n) is 3.07. The number of aryl methyl sites for hydroxylation is 2. The van der Waals surface area contributed by atoms with E-state index in [9.17, 15) is 13.2 Å². The maximum atomic E-state index is 13.1. The first-order chi connectivity index (χ1) is 12.9. The van der Waals surface area contributed by atoms with Crippen molar-refractivity contribution in [2.24, 2.45) is 0 Å². The van der Waals surface area contributed by atoms with E-state index in [4.69, 9.17) is 0 Å². The summed E-state index contributed by atoms with van der Waals surface area (Å²) in [6.45, 7) is 3.53. The lowest BCUT2D eigenvalue weighted by Gasteiger charge is -2.10. The van der Waals surface area contributed by atoms with Crippen LogP contribution in [0.1, 0.15) is 18.2 Å². The molecular weight excluding hydrogens is 382 g/mol. The van der Waals surface area contributed by atoms with E-state index < -0.39 is 15.6 Å². The van der Waals surface area contributed by atoms with Crippen LogP contribution in [0.3, 0.4) is 0 Å². The molecule has 2 aromatic carbocycles. The molecule has 1 N–H and O–H groups in total. The molecule has 0 aliphatic carbocycles.